The van der Waals surface area contributed by atoms with Gasteiger partial charge in [-0.25, -0.2) is 5.01 Å². The van der Waals surface area contributed by atoms with Crippen LogP contribution in [-0.2, 0) is 4.79 Å². The van der Waals surface area contributed by atoms with Crippen LogP contribution in [0.3, 0.4) is 0 Å². The van der Waals surface area contributed by atoms with Crippen molar-refractivity contribution in [3.63, 3.8) is 0 Å². The third-order valence-corrected chi connectivity index (χ3v) is 5.65. The Morgan fingerprint density at radius 2 is 2.24 bits per heavy atom. The molecule has 5 nitrogen and oxygen atoms in total. The molecule has 5 heteroatoms. The Morgan fingerprint density at radius 1 is 1.43 bits per heavy atom. The summed E-state index contributed by atoms with van der Waals surface area (Å²) in [4.78, 5) is 12.1. The Bertz CT molecular complexity index is 400. The molecule has 1 saturated carbocycles. The van der Waals surface area contributed by atoms with E-state index >= 15 is 0 Å². The lowest BCUT2D eigenvalue weighted by Crippen LogP contribution is -2.65. The van der Waals surface area contributed by atoms with Crippen LogP contribution < -0.4 is 16.1 Å². The first-order chi connectivity index (χ1) is 10.0. The Balaban J connectivity index is 1.79. The van der Waals surface area contributed by atoms with Crippen LogP contribution in [0.15, 0.2) is 0 Å². The zero-order valence-electron chi connectivity index (χ0n) is 13.6. The molecule has 0 amide bonds. The van der Waals surface area contributed by atoms with Gasteiger partial charge in [-0.15, -0.1) is 0 Å². The van der Waals surface area contributed by atoms with Crippen molar-refractivity contribution >= 4 is 5.78 Å². The summed E-state index contributed by atoms with van der Waals surface area (Å²) in [5.74, 6) is 2.03. The maximum absolute atomic E-state index is 12.1. The Kier molecular flexibility index (Phi) is 4.37. The number of hydrazine groups is 1. The van der Waals surface area contributed by atoms with E-state index in [0.29, 0.717) is 29.6 Å². The zero-order valence-corrected chi connectivity index (χ0v) is 13.6. The zero-order chi connectivity index (χ0) is 15.0. The molecule has 0 radical (unpaired) electrons. The van der Waals surface area contributed by atoms with E-state index in [0.717, 1.165) is 45.6 Å². The predicted octanol–water partition coefficient (Wildman–Crippen LogP) is 0.726. The van der Waals surface area contributed by atoms with Crippen LogP contribution in [-0.4, -0.2) is 48.7 Å². The fourth-order valence-electron chi connectivity index (χ4n) is 4.74. The fraction of sp³-hybridized carbons (Fsp3) is 0.938. The van der Waals surface area contributed by atoms with Crippen LogP contribution in [0.25, 0.3) is 0 Å². The van der Waals surface area contributed by atoms with Gasteiger partial charge in [0.1, 0.15) is 5.78 Å². The van der Waals surface area contributed by atoms with Gasteiger partial charge in [0.15, 0.2) is 0 Å². The minimum Gasteiger partial charge on any atom is -0.316 e. The lowest BCUT2D eigenvalue weighted by Gasteiger charge is -2.52. The first-order valence-corrected chi connectivity index (χ1v) is 8.51. The molecule has 3 rings (SSSR count). The molecule has 0 aromatic rings. The quantitative estimate of drug-likeness (QED) is 0.713. The van der Waals surface area contributed by atoms with Crippen molar-refractivity contribution in [2.75, 3.05) is 26.3 Å². The van der Waals surface area contributed by atoms with E-state index in [1.165, 1.54) is 0 Å². The summed E-state index contributed by atoms with van der Waals surface area (Å²) in [6.45, 7) is 10.7. The topological polar surface area (TPSA) is 56.4 Å². The molecule has 21 heavy (non-hydrogen) atoms. The summed E-state index contributed by atoms with van der Waals surface area (Å²) in [6, 6.07) is 0.399. The molecule has 120 valence electrons. The third kappa shape index (κ3) is 2.65. The Hall–Kier alpha value is -0.490. The monoisotopic (exact) mass is 294 g/mol. The van der Waals surface area contributed by atoms with Crippen molar-refractivity contribution in [2.45, 2.75) is 51.6 Å². The second kappa shape index (κ2) is 5.95. The van der Waals surface area contributed by atoms with Crippen molar-refractivity contribution in [2.24, 2.45) is 17.8 Å². The van der Waals surface area contributed by atoms with E-state index in [1.807, 2.05) is 0 Å². The SMILES string of the molecule is CC(C)CNCN1NC(C)C2CC(=O)CC3CNCCC321. The molecule has 3 aliphatic rings. The highest BCUT2D eigenvalue weighted by Gasteiger charge is 2.59. The maximum Gasteiger partial charge on any atom is 0.133 e. The van der Waals surface area contributed by atoms with E-state index < -0.39 is 0 Å². The molecular weight excluding hydrogens is 264 g/mol. The highest BCUT2D eigenvalue weighted by atomic mass is 16.1. The van der Waals surface area contributed by atoms with Crippen LogP contribution in [0.5, 0.6) is 0 Å². The number of carbonyl (C=O) groups is 1. The number of piperidine rings is 1. The first-order valence-electron chi connectivity index (χ1n) is 8.51. The van der Waals surface area contributed by atoms with Gasteiger partial charge in [0, 0.05) is 36.9 Å². The second-order valence-electron chi connectivity index (χ2n) is 7.55. The van der Waals surface area contributed by atoms with Gasteiger partial charge in [0.2, 0.25) is 0 Å². The number of hydrogen-bond acceptors (Lipinski definition) is 5. The molecule has 1 aliphatic carbocycles. The van der Waals surface area contributed by atoms with Crippen LogP contribution in [0.2, 0.25) is 0 Å². The lowest BCUT2D eigenvalue weighted by molar-refractivity contribution is -0.130. The van der Waals surface area contributed by atoms with Gasteiger partial charge in [0.05, 0.1) is 6.67 Å². The predicted molar refractivity (Wildman–Crippen MR) is 83.6 cm³/mol. The fourth-order valence-corrected chi connectivity index (χ4v) is 4.74. The van der Waals surface area contributed by atoms with Gasteiger partial charge < -0.3 is 10.6 Å². The highest BCUT2D eigenvalue weighted by molar-refractivity contribution is 5.80. The molecule has 2 aliphatic heterocycles. The molecule has 1 spiro atoms. The number of nitrogens with zero attached hydrogens (tertiary/aromatic N) is 1. The number of hydrogen-bond donors (Lipinski definition) is 3. The van der Waals surface area contributed by atoms with E-state index in [-0.39, 0.29) is 5.54 Å². The molecule has 2 saturated heterocycles. The van der Waals surface area contributed by atoms with E-state index in [2.05, 4.69) is 41.8 Å². The first kappa shape index (κ1) is 15.4. The summed E-state index contributed by atoms with van der Waals surface area (Å²) in [7, 11) is 0. The molecule has 0 aromatic heterocycles. The smallest absolute Gasteiger partial charge is 0.133 e. The average molecular weight is 294 g/mol. The summed E-state index contributed by atoms with van der Waals surface area (Å²) in [5.41, 5.74) is 3.84. The van der Waals surface area contributed by atoms with Crippen molar-refractivity contribution < 1.29 is 4.79 Å². The standard InChI is InChI=1S/C16H30N4O/c1-11(2)8-18-10-20-16-4-5-17-9-13(16)6-14(21)7-15(16)12(3)19-20/h11-13,15,17-19H,4-10H2,1-3H3. The summed E-state index contributed by atoms with van der Waals surface area (Å²) < 4.78 is 0. The van der Waals surface area contributed by atoms with Crippen molar-refractivity contribution in [3.05, 3.63) is 0 Å². The van der Waals surface area contributed by atoms with Crippen molar-refractivity contribution in [1.29, 1.82) is 0 Å². The molecule has 4 unspecified atom stereocenters. The molecule has 3 fully saturated rings. The number of Topliss-reactive ketones (excluding diaryl/α,β-unsaturated/α-hetero) is 1. The van der Waals surface area contributed by atoms with Gasteiger partial charge in [-0.2, -0.15) is 0 Å². The van der Waals surface area contributed by atoms with Gasteiger partial charge in [0.25, 0.3) is 0 Å². The number of rotatable bonds is 4. The maximum atomic E-state index is 12.1. The Labute approximate surface area is 128 Å². The van der Waals surface area contributed by atoms with E-state index in [9.17, 15) is 4.79 Å². The molecule has 0 aromatic carbocycles. The van der Waals surface area contributed by atoms with Crippen LogP contribution in [0.4, 0.5) is 0 Å². The van der Waals surface area contributed by atoms with Gasteiger partial charge in [-0.3, -0.25) is 10.2 Å². The third-order valence-electron chi connectivity index (χ3n) is 5.65. The molecule has 2 heterocycles. The van der Waals surface area contributed by atoms with Gasteiger partial charge in [-0.05, 0) is 38.3 Å². The van der Waals surface area contributed by atoms with E-state index in [4.69, 9.17) is 0 Å². The lowest BCUT2D eigenvalue weighted by atomic mass is 9.61. The van der Waals surface area contributed by atoms with Gasteiger partial charge in [-0.1, -0.05) is 13.8 Å². The second-order valence-corrected chi connectivity index (χ2v) is 7.55. The summed E-state index contributed by atoms with van der Waals surface area (Å²) in [5, 5.41) is 9.52. The minimum atomic E-state index is 0.169. The molecule has 0 bridgehead atoms. The van der Waals surface area contributed by atoms with Crippen molar-refractivity contribution in [1.82, 2.24) is 21.1 Å². The Morgan fingerprint density at radius 3 is 3.00 bits per heavy atom. The highest BCUT2D eigenvalue weighted by Crippen LogP contribution is 2.49. The van der Waals surface area contributed by atoms with Crippen LogP contribution in [0.1, 0.15) is 40.0 Å². The average Bonchev–Trinajstić information content (AvgIpc) is 2.69. The normalized spacial score (nSPS) is 40.4. The molecule has 4 atom stereocenters. The van der Waals surface area contributed by atoms with E-state index in [1.54, 1.807) is 0 Å². The molecule has 3 N–H and O–H groups in total. The summed E-state index contributed by atoms with van der Waals surface area (Å²) in [6.07, 6.45) is 2.65. The van der Waals surface area contributed by atoms with Crippen LogP contribution in [0, 0.1) is 17.8 Å². The number of ketones is 1. The number of carbonyl (C=O) groups excluding carboxylic acids is 1. The number of nitrogens with one attached hydrogen (secondary N) is 3. The minimum absolute atomic E-state index is 0.169. The van der Waals surface area contributed by atoms with Crippen LogP contribution >= 0.6 is 0 Å². The summed E-state index contributed by atoms with van der Waals surface area (Å²) >= 11 is 0. The molecular formula is C16H30N4O. The largest absolute Gasteiger partial charge is 0.316 e. The van der Waals surface area contributed by atoms with Gasteiger partial charge >= 0.3 is 0 Å². The van der Waals surface area contributed by atoms with Crippen molar-refractivity contribution in [3.8, 4) is 0 Å².